The van der Waals surface area contributed by atoms with Crippen molar-refractivity contribution in [2.75, 3.05) is 6.54 Å². The molecule has 72 valence electrons. The Morgan fingerprint density at radius 1 is 1.69 bits per heavy atom. The van der Waals surface area contributed by atoms with Gasteiger partial charge in [0.15, 0.2) is 0 Å². The summed E-state index contributed by atoms with van der Waals surface area (Å²) in [6, 6.07) is 3.22. The van der Waals surface area contributed by atoms with Crippen LogP contribution in [0.15, 0.2) is 24.5 Å². The Morgan fingerprint density at radius 2 is 2.38 bits per heavy atom. The van der Waals surface area contributed by atoms with E-state index in [2.05, 4.69) is 4.98 Å². The van der Waals surface area contributed by atoms with E-state index in [0.717, 1.165) is 0 Å². The number of aliphatic hydroxyl groups is 1. The summed E-state index contributed by atoms with van der Waals surface area (Å²) in [6.45, 7) is -0.480. The molecule has 0 saturated heterocycles. The minimum absolute atomic E-state index is 0. The Balaban J connectivity index is 0.00000144. The van der Waals surface area contributed by atoms with Gasteiger partial charge in [-0.2, -0.15) is 0 Å². The molecule has 1 atom stereocenters. The second kappa shape index (κ2) is 5.45. The summed E-state index contributed by atoms with van der Waals surface area (Å²) < 4.78 is 0. The zero-order valence-corrected chi connectivity index (χ0v) is 7.48. The highest BCUT2D eigenvalue weighted by Gasteiger charge is 2.13. The van der Waals surface area contributed by atoms with Crippen LogP contribution in [0.1, 0.15) is 11.7 Å². The molecule has 0 aromatic carbocycles. The quantitative estimate of drug-likeness (QED) is 0.584. The number of nitrogens with zero attached hydrogens (tertiary/aromatic N) is 2. The van der Waals surface area contributed by atoms with Crippen LogP contribution in [-0.2, 0) is 0 Å². The molecule has 1 aromatic heterocycles. The minimum atomic E-state index is -1.06. The third-order valence-electron chi connectivity index (χ3n) is 1.39. The van der Waals surface area contributed by atoms with Gasteiger partial charge in [0.1, 0.15) is 6.10 Å². The molecule has 0 fully saturated rings. The van der Waals surface area contributed by atoms with Gasteiger partial charge in [-0.1, -0.05) is 6.07 Å². The number of nitro groups is 1. The first-order chi connectivity index (χ1) is 5.70. The van der Waals surface area contributed by atoms with Gasteiger partial charge in [-0.3, -0.25) is 15.1 Å². The van der Waals surface area contributed by atoms with E-state index >= 15 is 0 Å². The summed E-state index contributed by atoms with van der Waals surface area (Å²) in [5.41, 5.74) is 0.467. The van der Waals surface area contributed by atoms with Gasteiger partial charge >= 0.3 is 0 Å². The van der Waals surface area contributed by atoms with Crippen LogP contribution in [0.5, 0.6) is 0 Å². The highest BCUT2D eigenvalue weighted by molar-refractivity contribution is 5.85. The molecule has 0 amide bonds. The molecule has 0 spiro atoms. The van der Waals surface area contributed by atoms with Crippen LogP contribution in [0.3, 0.4) is 0 Å². The second-order valence-corrected chi connectivity index (χ2v) is 2.32. The van der Waals surface area contributed by atoms with E-state index in [0.29, 0.717) is 5.56 Å². The Hall–Kier alpha value is -1.20. The van der Waals surface area contributed by atoms with Crippen LogP contribution < -0.4 is 0 Å². The Kier molecular flexibility index (Phi) is 4.94. The Bertz CT molecular complexity index is 268. The molecule has 0 bridgehead atoms. The van der Waals surface area contributed by atoms with Gasteiger partial charge in [0.25, 0.3) is 0 Å². The third kappa shape index (κ3) is 3.82. The maximum Gasteiger partial charge on any atom is 0.233 e. The van der Waals surface area contributed by atoms with Gasteiger partial charge in [0.2, 0.25) is 6.54 Å². The fraction of sp³-hybridized carbons (Fsp3) is 0.286. The molecule has 1 aromatic rings. The van der Waals surface area contributed by atoms with Crippen molar-refractivity contribution < 1.29 is 10.0 Å². The molecule has 0 aliphatic heterocycles. The van der Waals surface area contributed by atoms with Gasteiger partial charge in [-0.25, -0.2) is 0 Å². The molecule has 1 unspecified atom stereocenters. The molecular weight excluding hydrogens is 196 g/mol. The summed E-state index contributed by atoms with van der Waals surface area (Å²) in [6.07, 6.45) is 1.89. The average molecular weight is 205 g/mol. The summed E-state index contributed by atoms with van der Waals surface area (Å²) in [5, 5.41) is 19.2. The predicted octanol–water partition coefficient (Wildman–Crippen LogP) is 0.813. The van der Waals surface area contributed by atoms with E-state index in [1.807, 2.05) is 0 Å². The molecule has 0 saturated carbocycles. The van der Waals surface area contributed by atoms with E-state index in [1.165, 1.54) is 6.20 Å². The van der Waals surface area contributed by atoms with E-state index < -0.39 is 17.6 Å². The topological polar surface area (TPSA) is 76.3 Å². The summed E-state index contributed by atoms with van der Waals surface area (Å²) in [7, 11) is 0. The highest BCUT2D eigenvalue weighted by atomic mass is 35.5. The number of rotatable bonds is 3. The summed E-state index contributed by atoms with van der Waals surface area (Å²) >= 11 is 0. The SMILES string of the molecule is Cl.O=[N+]([O-])CC(O)c1cccnc1. The fourth-order valence-electron chi connectivity index (χ4n) is 0.820. The van der Waals surface area contributed by atoms with Crippen molar-refractivity contribution in [3.63, 3.8) is 0 Å². The number of aliphatic hydroxyl groups excluding tert-OH is 1. The molecule has 0 aliphatic rings. The smallest absolute Gasteiger partial charge is 0.233 e. The van der Waals surface area contributed by atoms with Gasteiger partial charge in [-0.05, 0) is 6.07 Å². The molecular formula is C7H9ClN2O3. The van der Waals surface area contributed by atoms with Crippen LogP contribution in [0.4, 0.5) is 0 Å². The van der Waals surface area contributed by atoms with Crippen molar-refractivity contribution in [1.29, 1.82) is 0 Å². The number of aromatic nitrogens is 1. The molecule has 5 nitrogen and oxygen atoms in total. The first kappa shape index (κ1) is 11.8. The number of hydrogen-bond donors (Lipinski definition) is 1. The standard InChI is InChI=1S/C7H8N2O3.ClH/c10-7(5-9(11)12)6-2-1-3-8-4-6;/h1-4,7,10H,5H2;1H. The van der Waals surface area contributed by atoms with Crippen molar-refractivity contribution >= 4 is 12.4 Å². The van der Waals surface area contributed by atoms with Crippen molar-refractivity contribution in [2.45, 2.75) is 6.10 Å². The number of hydrogen-bond acceptors (Lipinski definition) is 4. The van der Waals surface area contributed by atoms with E-state index in [4.69, 9.17) is 0 Å². The normalized spacial score (nSPS) is 11.5. The molecule has 1 heterocycles. The number of pyridine rings is 1. The average Bonchev–Trinajstić information content (AvgIpc) is 2.05. The lowest BCUT2D eigenvalue weighted by Crippen LogP contribution is -2.11. The van der Waals surface area contributed by atoms with Gasteiger partial charge in [0.05, 0.1) is 0 Å². The predicted molar refractivity (Wildman–Crippen MR) is 48.3 cm³/mol. The van der Waals surface area contributed by atoms with E-state index in [9.17, 15) is 15.2 Å². The summed E-state index contributed by atoms with van der Waals surface area (Å²) in [5.74, 6) is 0. The van der Waals surface area contributed by atoms with Crippen molar-refractivity contribution in [3.05, 3.63) is 40.2 Å². The number of halogens is 1. The minimum Gasteiger partial charge on any atom is -0.381 e. The Morgan fingerprint density at radius 3 is 2.85 bits per heavy atom. The monoisotopic (exact) mass is 204 g/mol. The van der Waals surface area contributed by atoms with Crippen LogP contribution in [0.25, 0.3) is 0 Å². The molecule has 0 radical (unpaired) electrons. The molecule has 6 heteroatoms. The molecule has 0 aliphatic carbocycles. The Labute approximate surface area is 81.0 Å². The van der Waals surface area contributed by atoms with Crippen LogP contribution >= 0.6 is 12.4 Å². The summed E-state index contributed by atoms with van der Waals surface area (Å²) in [4.78, 5) is 13.2. The lowest BCUT2D eigenvalue weighted by atomic mass is 10.2. The molecule has 1 rings (SSSR count). The van der Waals surface area contributed by atoms with E-state index in [-0.39, 0.29) is 12.4 Å². The van der Waals surface area contributed by atoms with E-state index in [1.54, 1.807) is 18.3 Å². The first-order valence-electron chi connectivity index (χ1n) is 3.40. The van der Waals surface area contributed by atoms with Crippen LogP contribution in [-0.4, -0.2) is 21.6 Å². The third-order valence-corrected chi connectivity index (χ3v) is 1.39. The van der Waals surface area contributed by atoms with Gasteiger partial charge in [0, 0.05) is 22.9 Å². The van der Waals surface area contributed by atoms with Crippen LogP contribution in [0, 0.1) is 10.1 Å². The van der Waals surface area contributed by atoms with Gasteiger partial charge in [-0.15, -0.1) is 12.4 Å². The second-order valence-electron chi connectivity index (χ2n) is 2.32. The zero-order chi connectivity index (χ0) is 8.97. The lowest BCUT2D eigenvalue weighted by molar-refractivity contribution is -0.491. The molecule has 1 N–H and O–H groups in total. The maximum absolute atomic E-state index is 10.0. The van der Waals surface area contributed by atoms with Gasteiger partial charge < -0.3 is 5.11 Å². The van der Waals surface area contributed by atoms with Crippen molar-refractivity contribution in [3.8, 4) is 0 Å². The first-order valence-corrected chi connectivity index (χ1v) is 3.40. The lowest BCUT2D eigenvalue weighted by Gasteiger charge is -2.03. The maximum atomic E-state index is 10.0. The fourth-order valence-corrected chi connectivity index (χ4v) is 0.820. The van der Waals surface area contributed by atoms with Crippen molar-refractivity contribution in [1.82, 2.24) is 4.98 Å². The highest BCUT2D eigenvalue weighted by Crippen LogP contribution is 2.09. The van der Waals surface area contributed by atoms with Crippen molar-refractivity contribution in [2.24, 2.45) is 0 Å². The zero-order valence-electron chi connectivity index (χ0n) is 6.66. The van der Waals surface area contributed by atoms with Crippen LogP contribution in [0.2, 0.25) is 0 Å². The largest absolute Gasteiger partial charge is 0.381 e. The molecule has 13 heavy (non-hydrogen) atoms.